The molecule has 1 aliphatic heterocycles. The van der Waals surface area contributed by atoms with E-state index in [1.165, 1.54) is 0 Å². The summed E-state index contributed by atoms with van der Waals surface area (Å²) >= 11 is 0. The topological polar surface area (TPSA) is 58.8 Å². The summed E-state index contributed by atoms with van der Waals surface area (Å²) in [5, 5.41) is 0. The number of rotatable bonds is 5. The zero-order valence-electron chi connectivity index (χ0n) is 12.1. The van der Waals surface area contributed by atoms with Crippen molar-refractivity contribution in [3.63, 3.8) is 0 Å². The van der Waals surface area contributed by atoms with Crippen molar-refractivity contribution >= 4 is 5.91 Å². The van der Waals surface area contributed by atoms with Gasteiger partial charge in [-0.05, 0) is 20.3 Å². The molecule has 18 heavy (non-hydrogen) atoms. The molecule has 0 saturated carbocycles. The molecule has 0 aliphatic carbocycles. The van der Waals surface area contributed by atoms with E-state index in [1.54, 1.807) is 7.11 Å². The van der Waals surface area contributed by atoms with Gasteiger partial charge in [0.25, 0.3) is 5.91 Å². The van der Waals surface area contributed by atoms with Crippen LogP contribution in [0.2, 0.25) is 0 Å². The Labute approximate surface area is 110 Å². The fraction of sp³-hybridized carbons (Fsp3) is 0.923. The van der Waals surface area contributed by atoms with E-state index in [-0.39, 0.29) is 5.91 Å². The van der Waals surface area contributed by atoms with E-state index >= 15 is 0 Å². The number of nitrogens with zero attached hydrogens (tertiary/aromatic N) is 2. The van der Waals surface area contributed by atoms with Gasteiger partial charge in [-0.3, -0.25) is 9.69 Å². The summed E-state index contributed by atoms with van der Waals surface area (Å²) in [6.07, 6.45) is 1.06. The molecule has 1 heterocycles. The highest BCUT2D eigenvalue weighted by Crippen LogP contribution is 2.15. The summed E-state index contributed by atoms with van der Waals surface area (Å²) in [6, 6.07) is 0.442. The number of amides is 1. The van der Waals surface area contributed by atoms with E-state index in [9.17, 15) is 4.79 Å². The second-order valence-electron chi connectivity index (χ2n) is 5.34. The molecule has 0 spiro atoms. The van der Waals surface area contributed by atoms with Crippen LogP contribution in [0.1, 0.15) is 27.2 Å². The summed E-state index contributed by atoms with van der Waals surface area (Å²) in [7, 11) is 1.58. The van der Waals surface area contributed by atoms with Gasteiger partial charge in [-0.1, -0.05) is 6.92 Å². The smallest absolute Gasteiger partial charge is 0.254 e. The van der Waals surface area contributed by atoms with Gasteiger partial charge in [-0.2, -0.15) is 0 Å². The van der Waals surface area contributed by atoms with Gasteiger partial charge in [0.15, 0.2) is 0 Å². The standard InChI is InChI=1S/C13H27N3O2/c1-5-11(10-14)15-6-8-16(9-7-15)12(17)13(2,3)18-4/h11H,5-10,14H2,1-4H3. The molecule has 0 aromatic carbocycles. The average Bonchev–Trinajstić information content (AvgIpc) is 2.40. The maximum absolute atomic E-state index is 12.2. The van der Waals surface area contributed by atoms with Gasteiger partial charge in [0.2, 0.25) is 0 Å². The van der Waals surface area contributed by atoms with Gasteiger partial charge in [0.1, 0.15) is 5.60 Å². The highest BCUT2D eigenvalue weighted by atomic mass is 16.5. The quantitative estimate of drug-likeness (QED) is 0.769. The molecule has 106 valence electrons. The largest absolute Gasteiger partial charge is 0.369 e. The number of carbonyl (C=O) groups is 1. The van der Waals surface area contributed by atoms with Crippen molar-refractivity contribution in [3.8, 4) is 0 Å². The van der Waals surface area contributed by atoms with Crippen LogP contribution in [0.15, 0.2) is 0 Å². The molecule has 1 amide bonds. The first-order valence-corrected chi connectivity index (χ1v) is 6.75. The number of carbonyl (C=O) groups excluding carboxylic acids is 1. The summed E-state index contributed by atoms with van der Waals surface area (Å²) in [5.41, 5.74) is 5.04. The number of piperazine rings is 1. The van der Waals surface area contributed by atoms with Crippen molar-refractivity contribution in [1.82, 2.24) is 9.80 Å². The molecule has 2 N–H and O–H groups in total. The number of hydrogen-bond acceptors (Lipinski definition) is 4. The van der Waals surface area contributed by atoms with E-state index in [4.69, 9.17) is 10.5 Å². The Hall–Kier alpha value is -0.650. The Kier molecular flexibility index (Phi) is 5.56. The first-order valence-electron chi connectivity index (χ1n) is 6.75. The van der Waals surface area contributed by atoms with E-state index in [1.807, 2.05) is 18.7 Å². The van der Waals surface area contributed by atoms with E-state index in [0.717, 1.165) is 32.6 Å². The van der Waals surface area contributed by atoms with Crippen LogP contribution in [-0.2, 0) is 9.53 Å². The van der Waals surface area contributed by atoms with Crippen molar-refractivity contribution in [2.75, 3.05) is 39.8 Å². The molecule has 1 rings (SSSR count). The van der Waals surface area contributed by atoms with Crippen LogP contribution in [-0.4, -0.2) is 67.2 Å². The summed E-state index contributed by atoms with van der Waals surface area (Å²) in [6.45, 7) is 9.82. The molecule has 1 aliphatic rings. The van der Waals surface area contributed by atoms with E-state index in [0.29, 0.717) is 12.6 Å². The SMILES string of the molecule is CCC(CN)N1CCN(C(=O)C(C)(C)OC)CC1. The minimum absolute atomic E-state index is 0.0745. The lowest BCUT2D eigenvalue weighted by molar-refractivity contribution is -0.153. The third-order valence-corrected chi connectivity index (χ3v) is 3.89. The molecular weight excluding hydrogens is 230 g/mol. The second kappa shape index (κ2) is 6.50. The maximum atomic E-state index is 12.2. The zero-order chi connectivity index (χ0) is 13.8. The number of nitrogens with two attached hydrogens (primary N) is 1. The van der Waals surface area contributed by atoms with Crippen LogP contribution in [0, 0.1) is 0 Å². The van der Waals surface area contributed by atoms with Gasteiger partial charge >= 0.3 is 0 Å². The molecule has 1 saturated heterocycles. The average molecular weight is 257 g/mol. The van der Waals surface area contributed by atoms with Crippen molar-refractivity contribution in [2.24, 2.45) is 5.73 Å². The fourth-order valence-corrected chi connectivity index (χ4v) is 2.33. The first-order chi connectivity index (χ1) is 8.46. The lowest BCUT2D eigenvalue weighted by atomic mass is 10.1. The monoisotopic (exact) mass is 257 g/mol. The molecule has 5 heteroatoms. The summed E-state index contributed by atoms with van der Waals surface area (Å²) < 4.78 is 5.24. The second-order valence-corrected chi connectivity index (χ2v) is 5.34. The van der Waals surface area contributed by atoms with Crippen LogP contribution in [0.25, 0.3) is 0 Å². The molecule has 1 atom stereocenters. The molecule has 0 radical (unpaired) electrons. The van der Waals surface area contributed by atoms with E-state index in [2.05, 4.69) is 11.8 Å². The molecule has 0 aromatic heterocycles. The number of hydrogen-bond donors (Lipinski definition) is 1. The Morgan fingerprint density at radius 3 is 2.28 bits per heavy atom. The predicted octanol–water partition coefficient (Wildman–Crippen LogP) is 0.293. The van der Waals surface area contributed by atoms with Gasteiger partial charge in [-0.15, -0.1) is 0 Å². The Morgan fingerprint density at radius 2 is 1.89 bits per heavy atom. The molecule has 0 aromatic rings. The highest BCUT2D eigenvalue weighted by Gasteiger charge is 2.34. The molecule has 0 bridgehead atoms. The molecule has 5 nitrogen and oxygen atoms in total. The van der Waals surface area contributed by atoms with Crippen LogP contribution in [0.5, 0.6) is 0 Å². The normalized spacial score (nSPS) is 19.9. The van der Waals surface area contributed by atoms with Crippen LogP contribution in [0.4, 0.5) is 0 Å². The molecular formula is C13H27N3O2. The fourth-order valence-electron chi connectivity index (χ4n) is 2.33. The zero-order valence-corrected chi connectivity index (χ0v) is 12.1. The van der Waals surface area contributed by atoms with Gasteiger partial charge in [0, 0.05) is 45.9 Å². The van der Waals surface area contributed by atoms with Crippen LogP contribution >= 0.6 is 0 Å². The van der Waals surface area contributed by atoms with Gasteiger partial charge < -0.3 is 15.4 Å². The van der Waals surface area contributed by atoms with Gasteiger partial charge in [0.05, 0.1) is 0 Å². The third-order valence-electron chi connectivity index (χ3n) is 3.89. The third kappa shape index (κ3) is 3.43. The summed E-state index contributed by atoms with van der Waals surface area (Å²) in [4.78, 5) is 16.5. The molecule has 1 unspecified atom stereocenters. The Bertz CT molecular complexity index is 269. The van der Waals surface area contributed by atoms with Crippen LogP contribution in [0.3, 0.4) is 0 Å². The van der Waals surface area contributed by atoms with Crippen molar-refractivity contribution in [2.45, 2.75) is 38.8 Å². The molecule has 1 fully saturated rings. The summed E-state index contributed by atoms with van der Waals surface area (Å²) in [5.74, 6) is 0.0745. The Morgan fingerprint density at radius 1 is 1.33 bits per heavy atom. The number of ether oxygens (including phenoxy) is 1. The first kappa shape index (κ1) is 15.4. The minimum Gasteiger partial charge on any atom is -0.369 e. The highest BCUT2D eigenvalue weighted by molar-refractivity contribution is 5.84. The van der Waals surface area contributed by atoms with Crippen molar-refractivity contribution < 1.29 is 9.53 Å². The minimum atomic E-state index is -0.722. The maximum Gasteiger partial charge on any atom is 0.254 e. The van der Waals surface area contributed by atoms with Crippen LogP contribution < -0.4 is 5.73 Å². The van der Waals surface area contributed by atoms with Crippen molar-refractivity contribution in [1.29, 1.82) is 0 Å². The van der Waals surface area contributed by atoms with E-state index < -0.39 is 5.60 Å². The lowest BCUT2D eigenvalue weighted by Gasteiger charge is -2.40. The Balaban J connectivity index is 2.51. The number of methoxy groups -OCH3 is 1. The van der Waals surface area contributed by atoms with Crippen molar-refractivity contribution in [3.05, 3.63) is 0 Å². The predicted molar refractivity (Wildman–Crippen MR) is 72.4 cm³/mol. The van der Waals surface area contributed by atoms with Gasteiger partial charge in [-0.25, -0.2) is 0 Å². The lowest BCUT2D eigenvalue weighted by Crippen LogP contribution is -2.57.